The number of carbonyl (C=O) groups excluding carboxylic acids is 1. The normalized spacial score (nSPS) is 14.1. The summed E-state index contributed by atoms with van der Waals surface area (Å²) < 4.78 is 0. The quantitative estimate of drug-likeness (QED) is 0.749. The number of para-hydroxylation sites is 1. The summed E-state index contributed by atoms with van der Waals surface area (Å²) in [6, 6.07) is 12.1. The third kappa shape index (κ3) is 2.08. The molecule has 110 valence electrons. The summed E-state index contributed by atoms with van der Waals surface area (Å²) in [5.41, 5.74) is 5.24. The molecule has 22 heavy (non-hydrogen) atoms. The third-order valence-electron chi connectivity index (χ3n) is 4.33. The maximum Gasteiger partial charge on any atom is 0.255 e. The maximum atomic E-state index is 12.6. The van der Waals surface area contributed by atoms with Crippen LogP contribution < -0.4 is 0 Å². The molecule has 4 nitrogen and oxygen atoms in total. The van der Waals surface area contributed by atoms with Gasteiger partial charge in [-0.05, 0) is 37.1 Å². The molecular formula is C18H17N3O. The number of amides is 1. The number of aryl methyl sites for hydroxylation is 1. The standard InChI is InChI=1S/C18H17N3O/c1-12-6-7-13(10-19-12)18(22)21-9-8-15-14-4-2-3-5-16(14)20-17(15)11-21/h2-7,10,20H,8-9,11H2,1H3. The highest BCUT2D eigenvalue weighted by atomic mass is 16.2. The molecule has 4 rings (SSSR count). The highest BCUT2D eigenvalue weighted by molar-refractivity contribution is 5.94. The van der Waals surface area contributed by atoms with Crippen LogP contribution in [0, 0.1) is 6.92 Å². The van der Waals surface area contributed by atoms with Crippen LogP contribution in [0.1, 0.15) is 27.3 Å². The van der Waals surface area contributed by atoms with Crippen LogP contribution in [0.2, 0.25) is 0 Å². The Morgan fingerprint density at radius 2 is 2.09 bits per heavy atom. The molecule has 1 N–H and O–H groups in total. The fraction of sp³-hybridized carbons (Fsp3) is 0.222. The number of H-pyrrole nitrogens is 1. The van der Waals surface area contributed by atoms with Crippen LogP contribution >= 0.6 is 0 Å². The molecule has 1 aliphatic rings. The second-order valence-corrected chi connectivity index (χ2v) is 5.79. The Kier molecular flexibility index (Phi) is 2.96. The van der Waals surface area contributed by atoms with Crippen molar-refractivity contribution >= 4 is 16.8 Å². The highest BCUT2D eigenvalue weighted by Crippen LogP contribution is 2.27. The number of carbonyl (C=O) groups is 1. The van der Waals surface area contributed by atoms with Crippen molar-refractivity contribution in [1.29, 1.82) is 0 Å². The lowest BCUT2D eigenvalue weighted by Crippen LogP contribution is -2.35. The summed E-state index contributed by atoms with van der Waals surface area (Å²) in [4.78, 5) is 22.2. The van der Waals surface area contributed by atoms with E-state index in [9.17, 15) is 4.79 Å². The van der Waals surface area contributed by atoms with E-state index in [1.54, 1.807) is 6.20 Å². The minimum atomic E-state index is 0.0526. The van der Waals surface area contributed by atoms with Gasteiger partial charge in [-0.2, -0.15) is 0 Å². The number of hydrogen-bond acceptors (Lipinski definition) is 2. The molecule has 0 spiro atoms. The average Bonchev–Trinajstić information content (AvgIpc) is 2.92. The number of rotatable bonds is 1. The molecule has 0 atom stereocenters. The van der Waals surface area contributed by atoms with Gasteiger partial charge in [0.15, 0.2) is 0 Å². The first-order chi connectivity index (χ1) is 10.7. The van der Waals surface area contributed by atoms with Crippen LogP contribution in [0.5, 0.6) is 0 Å². The molecule has 0 unspecified atom stereocenters. The largest absolute Gasteiger partial charge is 0.357 e. The summed E-state index contributed by atoms with van der Waals surface area (Å²) in [7, 11) is 0. The Labute approximate surface area is 128 Å². The Balaban J connectivity index is 1.64. The number of nitrogens with zero attached hydrogens (tertiary/aromatic N) is 2. The second kappa shape index (κ2) is 4.98. The molecule has 1 aromatic carbocycles. The van der Waals surface area contributed by atoms with Crippen molar-refractivity contribution in [1.82, 2.24) is 14.9 Å². The van der Waals surface area contributed by atoms with Crippen LogP contribution in [-0.4, -0.2) is 27.3 Å². The average molecular weight is 291 g/mol. The van der Waals surface area contributed by atoms with Gasteiger partial charge in [-0.25, -0.2) is 0 Å². The van der Waals surface area contributed by atoms with Crippen LogP contribution in [0.3, 0.4) is 0 Å². The van der Waals surface area contributed by atoms with Crippen molar-refractivity contribution in [2.45, 2.75) is 19.9 Å². The van der Waals surface area contributed by atoms with E-state index >= 15 is 0 Å². The predicted octanol–water partition coefficient (Wildman–Crippen LogP) is 3.07. The molecular weight excluding hydrogens is 274 g/mol. The molecule has 1 aliphatic heterocycles. The van der Waals surface area contributed by atoms with E-state index in [4.69, 9.17) is 0 Å². The maximum absolute atomic E-state index is 12.6. The lowest BCUT2D eigenvalue weighted by molar-refractivity contribution is 0.0732. The van der Waals surface area contributed by atoms with Gasteiger partial charge >= 0.3 is 0 Å². The smallest absolute Gasteiger partial charge is 0.255 e. The first kappa shape index (κ1) is 13.1. The molecule has 4 heteroatoms. The number of pyridine rings is 1. The zero-order valence-corrected chi connectivity index (χ0v) is 12.5. The molecule has 0 aliphatic carbocycles. The zero-order valence-electron chi connectivity index (χ0n) is 12.5. The number of nitrogens with one attached hydrogen (secondary N) is 1. The van der Waals surface area contributed by atoms with E-state index < -0.39 is 0 Å². The molecule has 2 aromatic heterocycles. The van der Waals surface area contributed by atoms with Gasteiger partial charge < -0.3 is 9.88 Å². The van der Waals surface area contributed by atoms with Gasteiger partial charge in [0.05, 0.1) is 12.1 Å². The molecule has 0 radical (unpaired) electrons. The summed E-state index contributed by atoms with van der Waals surface area (Å²) in [6.07, 6.45) is 2.56. The van der Waals surface area contributed by atoms with E-state index in [0.717, 1.165) is 29.9 Å². The first-order valence-corrected chi connectivity index (χ1v) is 7.53. The summed E-state index contributed by atoms with van der Waals surface area (Å²) in [5, 5.41) is 1.28. The van der Waals surface area contributed by atoms with Crippen LogP contribution in [0.4, 0.5) is 0 Å². The molecule has 0 saturated heterocycles. The number of aromatic nitrogens is 2. The van der Waals surface area contributed by atoms with Crippen molar-refractivity contribution in [3.8, 4) is 0 Å². The minimum absolute atomic E-state index is 0.0526. The lowest BCUT2D eigenvalue weighted by Gasteiger charge is -2.27. The highest BCUT2D eigenvalue weighted by Gasteiger charge is 2.24. The zero-order chi connectivity index (χ0) is 15.1. The Hall–Kier alpha value is -2.62. The molecule has 0 fully saturated rings. The number of fused-ring (bicyclic) bond motifs is 3. The molecule has 0 saturated carbocycles. The van der Waals surface area contributed by atoms with Gasteiger partial charge in [-0.1, -0.05) is 18.2 Å². The SMILES string of the molecule is Cc1ccc(C(=O)N2CCc3c([nH]c4ccccc34)C2)cn1. The fourth-order valence-electron chi connectivity index (χ4n) is 3.14. The van der Waals surface area contributed by atoms with Gasteiger partial charge in [0.2, 0.25) is 0 Å². The molecule has 3 aromatic rings. The monoisotopic (exact) mass is 291 g/mol. The van der Waals surface area contributed by atoms with Crippen molar-refractivity contribution in [2.75, 3.05) is 6.54 Å². The van der Waals surface area contributed by atoms with E-state index in [0.29, 0.717) is 12.1 Å². The summed E-state index contributed by atoms with van der Waals surface area (Å²) >= 11 is 0. The van der Waals surface area contributed by atoms with E-state index in [-0.39, 0.29) is 5.91 Å². The second-order valence-electron chi connectivity index (χ2n) is 5.79. The number of aromatic amines is 1. The Morgan fingerprint density at radius 1 is 1.23 bits per heavy atom. The summed E-state index contributed by atoms with van der Waals surface area (Å²) in [5.74, 6) is 0.0526. The van der Waals surface area contributed by atoms with E-state index in [1.807, 2.05) is 30.0 Å². The lowest BCUT2D eigenvalue weighted by atomic mass is 10.0. The predicted molar refractivity (Wildman–Crippen MR) is 85.7 cm³/mol. The van der Waals surface area contributed by atoms with Crippen LogP contribution in [-0.2, 0) is 13.0 Å². The van der Waals surface area contributed by atoms with Crippen molar-refractivity contribution in [2.24, 2.45) is 0 Å². The third-order valence-corrected chi connectivity index (χ3v) is 4.33. The minimum Gasteiger partial charge on any atom is -0.357 e. The molecule has 1 amide bonds. The van der Waals surface area contributed by atoms with Gasteiger partial charge in [0, 0.05) is 35.0 Å². The topological polar surface area (TPSA) is 49.0 Å². The van der Waals surface area contributed by atoms with Gasteiger partial charge in [0.25, 0.3) is 5.91 Å². The molecule has 3 heterocycles. The van der Waals surface area contributed by atoms with Crippen molar-refractivity contribution in [3.05, 3.63) is 65.1 Å². The number of benzene rings is 1. The Morgan fingerprint density at radius 3 is 2.91 bits per heavy atom. The fourth-order valence-corrected chi connectivity index (χ4v) is 3.14. The van der Waals surface area contributed by atoms with Crippen molar-refractivity contribution in [3.63, 3.8) is 0 Å². The van der Waals surface area contributed by atoms with Crippen LogP contribution in [0.15, 0.2) is 42.6 Å². The van der Waals surface area contributed by atoms with Gasteiger partial charge in [-0.15, -0.1) is 0 Å². The number of hydrogen-bond donors (Lipinski definition) is 1. The van der Waals surface area contributed by atoms with E-state index in [2.05, 4.69) is 28.2 Å². The summed E-state index contributed by atoms with van der Waals surface area (Å²) in [6.45, 7) is 3.31. The van der Waals surface area contributed by atoms with E-state index in [1.165, 1.54) is 10.9 Å². The van der Waals surface area contributed by atoms with Gasteiger partial charge in [-0.3, -0.25) is 9.78 Å². The molecule has 0 bridgehead atoms. The van der Waals surface area contributed by atoms with Gasteiger partial charge in [0.1, 0.15) is 0 Å². The first-order valence-electron chi connectivity index (χ1n) is 7.53. The van der Waals surface area contributed by atoms with Crippen molar-refractivity contribution < 1.29 is 4.79 Å². The Bertz CT molecular complexity index is 848. The van der Waals surface area contributed by atoms with Crippen LogP contribution in [0.25, 0.3) is 10.9 Å².